The summed E-state index contributed by atoms with van der Waals surface area (Å²) in [6.07, 6.45) is 3.87. The van der Waals surface area contributed by atoms with Crippen LogP contribution >= 0.6 is 0 Å². The van der Waals surface area contributed by atoms with Gasteiger partial charge in [0.15, 0.2) is 11.5 Å². The molecule has 1 saturated heterocycles. The number of aromatic nitrogens is 2. The molecule has 0 amide bonds. The molecule has 0 radical (unpaired) electrons. The van der Waals surface area contributed by atoms with Gasteiger partial charge in [-0.3, -0.25) is 0 Å². The number of nitrogens with zero attached hydrogens (tertiary/aromatic N) is 3. The fourth-order valence-electron chi connectivity index (χ4n) is 4.46. The molecule has 1 aliphatic rings. The second kappa shape index (κ2) is 10.8. The average Bonchev–Trinajstić information content (AvgIpc) is 2.90. The van der Waals surface area contributed by atoms with Crippen LogP contribution in [-0.2, 0) is 0 Å². The van der Waals surface area contributed by atoms with Gasteiger partial charge in [0.1, 0.15) is 23.6 Å². The second-order valence-corrected chi connectivity index (χ2v) is 9.32. The average molecular weight is 485 g/mol. The quantitative estimate of drug-likeness (QED) is 0.319. The number of piperidine rings is 1. The monoisotopic (exact) mass is 484 g/mol. The number of nitrogens with one attached hydrogen (secondary N) is 1. The van der Waals surface area contributed by atoms with Gasteiger partial charge in [0.2, 0.25) is 0 Å². The maximum atomic E-state index is 6.21. The summed E-state index contributed by atoms with van der Waals surface area (Å²) < 4.78 is 17.9. The van der Waals surface area contributed by atoms with Gasteiger partial charge in [0, 0.05) is 17.1 Å². The Kier molecular flexibility index (Phi) is 7.18. The molecule has 0 spiro atoms. The lowest BCUT2D eigenvalue weighted by Crippen LogP contribution is -2.32. The van der Waals surface area contributed by atoms with E-state index in [2.05, 4.69) is 27.2 Å². The highest BCUT2D eigenvalue weighted by atomic mass is 16.5. The molecule has 7 heteroatoms. The Balaban J connectivity index is 1.34. The molecule has 7 nitrogen and oxygen atoms in total. The molecular formula is C29H32N4O3. The zero-order valence-electron chi connectivity index (χ0n) is 21.0. The van der Waals surface area contributed by atoms with Crippen molar-refractivity contribution >= 4 is 22.4 Å². The standard InChI is InChI=1S/C29H32N4O3/c1-20-15-23(36-22-7-5-4-6-8-22)9-10-25(20)32-29-24-16-27(34-3)28(17-26(24)30-19-31-29)35-18-21-11-13-33(2)14-12-21/h4-10,15-17,19,21H,11-14,18H2,1-3H3,(H,30,31,32). The predicted molar refractivity (Wildman–Crippen MR) is 143 cm³/mol. The second-order valence-electron chi connectivity index (χ2n) is 9.32. The van der Waals surface area contributed by atoms with Gasteiger partial charge in [0.05, 0.1) is 19.2 Å². The van der Waals surface area contributed by atoms with E-state index in [9.17, 15) is 0 Å². The number of aryl methyl sites for hydroxylation is 1. The Morgan fingerprint density at radius 1 is 0.944 bits per heavy atom. The molecule has 1 aliphatic heterocycles. The number of likely N-dealkylation sites (tertiary alicyclic amines) is 1. The van der Waals surface area contributed by atoms with Crippen LogP contribution in [0, 0.1) is 12.8 Å². The molecule has 186 valence electrons. The minimum absolute atomic E-state index is 0.557. The molecule has 1 aromatic heterocycles. The molecule has 0 atom stereocenters. The van der Waals surface area contributed by atoms with E-state index in [1.54, 1.807) is 13.4 Å². The van der Waals surface area contributed by atoms with Crippen molar-refractivity contribution in [1.29, 1.82) is 0 Å². The molecule has 0 unspecified atom stereocenters. The lowest BCUT2D eigenvalue weighted by atomic mass is 9.98. The number of hydrogen-bond donors (Lipinski definition) is 1. The van der Waals surface area contributed by atoms with Gasteiger partial charge >= 0.3 is 0 Å². The fourth-order valence-corrected chi connectivity index (χ4v) is 4.46. The van der Waals surface area contributed by atoms with Gasteiger partial charge in [-0.05, 0) is 87.8 Å². The van der Waals surface area contributed by atoms with Crippen LogP contribution in [0.2, 0.25) is 0 Å². The number of ether oxygens (including phenoxy) is 3. The number of fused-ring (bicyclic) bond motifs is 1. The highest BCUT2D eigenvalue weighted by Crippen LogP contribution is 2.36. The Morgan fingerprint density at radius 3 is 2.50 bits per heavy atom. The minimum Gasteiger partial charge on any atom is -0.493 e. The summed E-state index contributed by atoms with van der Waals surface area (Å²) in [6, 6.07) is 19.6. The number of benzene rings is 3. The third-order valence-electron chi connectivity index (χ3n) is 6.66. The molecular weight excluding hydrogens is 452 g/mol. The number of para-hydroxylation sites is 1. The molecule has 4 aromatic rings. The predicted octanol–water partition coefficient (Wildman–Crippen LogP) is 6.20. The van der Waals surface area contributed by atoms with Gasteiger partial charge in [-0.15, -0.1) is 0 Å². The number of hydrogen-bond acceptors (Lipinski definition) is 7. The molecule has 1 fully saturated rings. The van der Waals surface area contributed by atoms with Crippen LogP contribution in [0.4, 0.5) is 11.5 Å². The van der Waals surface area contributed by atoms with E-state index in [1.807, 2.05) is 67.6 Å². The van der Waals surface area contributed by atoms with E-state index >= 15 is 0 Å². The Labute approximate surface area is 212 Å². The van der Waals surface area contributed by atoms with Crippen LogP contribution in [0.25, 0.3) is 10.9 Å². The van der Waals surface area contributed by atoms with Gasteiger partial charge in [0.25, 0.3) is 0 Å². The van der Waals surface area contributed by atoms with Gasteiger partial charge < -0.3 is 24.4 Å². The third-order valence-corrected chi connectivity index (χ3v) is 6.66. The first kappa shape index (κ1) is 23.9. The Bertz CT molecular complexity index is 1320. The van der Waals surface area contributed by atoms with Crippen molar-refractivity contribution in [3.63, 3.8) is 0 Å². The summed E-state index contributed by atoms with van der Waals surface area (Å²) in [6.45, 7) is 4.95. The number of rotatable bonds is 8. The molecule has 36 heavy (non-hydrogen) atoms. The highest BCUT2D eigenvalue weighted by Gasteiger charge is 2.19. The van der Waals surface area contributed by atoms with Gasteiger partial charge in [-0.25, -0.2) is 9.97 Å². The smallest absolute Gasteiger partial charge is 0.163 e. The summed E-state index contributed by atoms with van der Waals surface area (Å²) in [4.78, 5) is 11.4. The number of methoxy groups -OCH3 is 1. The SMILES string of the molecule is COc1cc2c(Nc3ccc(Oc4ccccc4)cc3C)ncnc2cc1OCC1CCN(C)CC1. The van der Waals surface area contributed by atoms with Crippen molar-refractivity contribution < 1.29 is 14.2 Å². The summed E-state index contributed by atoms with van der Waals surface area (Å²) in [5.74, 6) is 4.25. The van der Waals surface area contributed by atoms with Crippen LogP contribution < -0.4 is 19.5 Å². The van der Waals surface area contributed by atoms with E-state index in [4.69, 9.17) is 14.2 Å². The zero-order valence-corrected chi connectivity index (χ0v) is 21.0. The largest absolute Gasteiger partial charge is 0.493 e. The summed E-state index contributed by atoms with van der Waals surface area (Å²) in [7, 11) is 3.83. The Morgan fingerprint density at radius 2 is 1.75 bits per heavy atom. The van der Waals surface area contributed by atoms with E-state index in [-0.39, 0.29) is 0 Å². The first-order chi connectivity index (χ1) is 17.6. The Hall–Kier alpha value is -3.84. The lowest BCUT2D eigenvalue weighted by molar-refractivity contribution is 0.157. The topological polar surface area (TPSA) is 68.7 Å². The molecule has 3 aromatic carbocycles. The van der Waals surface area contributed by atoms with Crippen LogP contribution in [0.1, 0.15) is 18.4 Å². The normalized spacial score (nSPS) is 14.5. The van der Waals surface area contributed by atoms with Crippen molar-refractivity contribution in [2.75, 3.05) is 39.2 Å². The van der Waals surface area contributed by atoms with Crippen molar-refractivity contribution in [3.05, 3.63) is 72.6 Å². The van der Waals surface area contributed by atoms with Crippen molar-refractivity contribution in [1.82, 2.24) is 14.9 Å². The molecule has 0 saturated carbocycles. The maximum Gasteiger partial charge on any atom is 0.163 e. The van der Waals surface area contributed by atoms with E-state index in [1.165, 1.54) is 0 Å². The molecule has 1 N–H and O–H groups in total. The molecule has 0 bridgehead atoms. The summed E-state index contributed by atoms with van der Waals surface area (Å²) >= 11 is 0. The van der Waals surface area contributed by atoms with Crippen LogP contribution in [0.3, 0.4) is 0 Å². The van der Waals surface area contributed by atoms with Crippen molar-refractivity contribution in [3.8, 4) is 23.0 Å². The lowest BCUT2D eigenvalue weighted by Gasteiger charge is -2.28. The van der Waals surface area contributed by atoms with Crippen LogP contribution in [0.15, 0.2) is 67.0 Å². The molecule has 2 heterocycles. The van der Waals surface area contributed by atoms with E-state index in [0.29, 0.717) is 29.8 Å². The third kappa shape index (κ3) is 5.52. The van der Waals surface area contributed by atoms with Gasteiger partial charge in [-0.1, -0.05) is 18.2 Å². The molecule has 0 aliphatic carbocycles. The van der Waals surface area contributed by atoms with Crippen LogP contribution in [0.5, 0.6) is 23.0 Å². The molecule has 5 rings (SSSR count). The minimum atomic E-state index is 0.557. The fraction of sp³-hybridized carbons (Fsp3) is 0.310. The van der Waals surface area contributed by atoms with E-state index in [0.717, 1.165) is 59.6 Å². The summed E-state index contributed by atoms with van der Waals surface area (Å²) in [5.41, 5.74) is 2.78. The number of anilines is 2. The van der Waals surface area contributed by atoms with Crippen LogP contribution in [-0.4, -0.2) is 48.7 Å². The first-order valence-corrected chi connectivity index (χ1v) is 12.3. The van der Waals surface area contributed by atoms with Crippen molar-refractivity contribution in [2.24, 2.45) is 5.92 Å². The van der Waals surface area contributed by atoms with Gasteiger partial charge in [-0.2, -0.15) is 0 Å². The first-order valence-electron chi connectivity index (χ1n) is 12.3. The zero-order chi connectivity index (χ0) is 24.9. The summed E-state index contributed by atoms with van der Waals surface area (Å²) in [5, 5.41) is 4.32. The van der Waals surface area contributed by atoms with Crippen molar-refractivity contribution in [2.45, 2.75) is 19.8 Å². The van der Waals surface area contributed by atoms with E-state index < -0.39 is 0 Å². The maximum absolute atomic E-state index is 6.21. The highest BCUT2D eigenvalue weighted by molar-refractivity contribution is 5.93.